The van der Waals surface area contributed by atoms with Crippen molar-refractivity contribution in [1.29, 1.82) is 0 Å². The van der Waals surface area contributed by atoms with E-state index in [2.05, 4.69) is 5.32 Å². The number of allylic oxidation sites excluding steroid dienone is 2. The van der Waals surface area contributed by atoms with E-state index < -0.39 is 0 Å². The number of hydrogen-bond acceptors (Lipinski definition) is 3. The molecule has 0 spiro atoms. The molecule has 1 saturated carbocycles. The Labute approximate surface area is 71.5 Å². The maximum Gasteiger partial charge on any atom is 0.157 e. The van der Waals surface area contributed by atoms with Gasteiger partial charge in [0.15, 0.2) is 5.78 Å². The molecule has 0 radical (unpaired) electrons. The van der Waals surface area contributed by atoms with E-state index in [-0.39, 0.29) is 11.9 Å². The number of aliphatic hydroxyl groups excluding tert-OH is 1. The molecule has 0 amide bonds. The molecule has 0 unspecified atom stereocenters. The maximum atomic E-state index is 10.8. The molecule has 0 aromatic rings. The Bertz CT molecular complexity index is 229. The third kappa shape index (κ3) is 1.50. The molecule has 0 heterocycles. The van der Waals surface area contributed by atoms with Crippen LogP contribution in [0.5, 0.6) is 0 Å². The Morgan fingerprint density at radius 1 is 1.42 bits per heavy atom. The SMILES string of the molecule is O=C1C=C(NC2CC(O)C2)CC1. The zero-order valence-corrected chi connectivity index (χ0v) is 6.92. The Balaban J connectivity index is 1.80. The average molecular weight is 167 g/mol. The van der Waals surface area contributed by atoms with Crippen LogP contribution in [0.4, 0.5) is 0 Å². The van der Waals surface area contributed by atoms with E-state index in [1.54, 1.807) is 6.08 Å². The highest BCUT2D eigenvalue weighted by Gasteiger charge is 2.28. The highest BCUT2D eigenvalue weighted by Crippen LogP contribution is 2.22. The number of nitrogens with one attached hydrogen (secondary N) is 1. The van der Waals surface area contributed by atoms with Gasteiger partial charge in [-0.05, 0) is 19.3 Å². The first kappa shape index (κ1) is 7.80. The predicted molar refractivity (Wildman–Crippen MR) is 44.5 cm³/mol. The van der Waals surface area contributed by atoms with Gasteiger partial charge in [0.2, 0.25) is 0 Å². The fourth-order valence-corrected chi connectivity index (χ4v) is 1.68. The summed E-state index contributed by atoms with van der Waals surface area (Å²) in [5.41, 5.74) is 1.05. The Kier molecular flexibility index (Phi) is 1.89. The summed E-state index contributed by atoms with van der Waals surface area (Å²) < 4.78 is 0. The van der Waals surface area contributed by atoms with Crippen molar-refractivity contribution >= 4 is 5.78 Å². The molecule has 2 rings (SSSR count). The fraction of sp³-hybridized carbons (Fsp3) is 0.667. The quantitative estimate of drug-likeness (QED) is 0.623. The third-order valence-corrected chi connectivity index (χ3v) is 2.48. The summed E-state index contributed by atoms with van der Waals surface area (Å²) in [5.74, 6) is 0.220. The molecule has 2 aliphatic carbocycles. The van der Waals surface area contributed by atoms with Gasteiger partial charge in [-0.25, -0.2) is 0 Å². The molecular weight excluding hydrogens is 154 g/mol. The van der Waals surface area contributed by atoms with Gasteiger partial charge in [-0.3, -0.25) is 4.79 Å². The highest BCUT2D eigenvalue weighted by atomic mass is 16.3. The van der Waals surface area contributed by atoms with Gasteiger partial charge in [-0.1, -0.05) is 0 Å². The molecule has 0 bridgehead atoms. The lowest BCUT2D eigenvalue weighted by atomic mass is 9.89. The van der Waals surface area contributed by atoms with Crippen molar-refractivity contribution in [3.63, 3.8) is 0 Å². The average Bonchev–Trinajstić information content (AvgIpc) is 2.33. The van der Waals surface area contributed by atoms with Gasteiger partial charge >= 0.3 is 0 Å². The molecule has 12 heavy (non-hydrogen) atoms. The van der Waals surface area contributed by atoms with E-state index in [1.807, 2.05) is 0 Å². The topological polar surface area (TPSA) is 49.3 Å². The van der Waals surface area contributed by atoms with Crippen molar-refractivity contribution in [3.05, 3.63) is 11.8 Å². The minimum absolute atomic E-state index is 0.125. The number of rotatable bonds is 2. The first-order valence-electron chi connectivity index (χ1n) is 4.42. The summed E-state index contributed by atoms with van der Waals surface area (Å²) in [7, 11) is 0. The summed E-state index contributed by atoms with van der Waals surface area (Å²) in [6.07, 6.45) is 4.71. The Hall–Kier alpha value is -0.830. The standard InChI is InChI=1S/C9H13NO2/c11-8-2-1-6(3-8)10-7-4-9(12)5-7/h3,7,9-10,12H,1-2,4-5H2. The number of hydrogen-bond donors (Lipinski definition) is 2. The maximum absolute atomic E-state index is 10.8. The largest absolute Gasteiger partial charge is 0.393 e. The van der Waals surface area contributed by atoms with Gasteiger partial charge < -0.3 is 10.4 Å². The lowest BCUT2D eigenvalue weighted by Gasteiger charge is -2.33. The second-order valence-electron chi connectivity index (χ2n) is 3.60. The number of aliphatic hydroxyl groups is 1. The molecule has 0 aromatic heterocycles. The minimum atomic E-state index is -0.125. The third-order valence-electron chi connectivity index (χ3n) is 2.48. The van der Waals surface area contributed by atoms with Crippen molar-refractivity contribution in [3.8, 4) is 0 Å². The van der Waals surface area contributed by atoms with E-state index in [4.69, 9.17) is 5.11 Å². The molecule has 3 heteroatoms. The fourth-order valence-electron chi connectivity index (χ4n) is 1.68. The first-order chi connectivity index (χ1) is 5.74. The van der Waals surface area contributed by atoms with Gasteiger partial charge in [-0.15, -0.1) is 0 Å². The van der Waals surface area contributed by atoms with Gasteiger partial charge in [-0.2, -0.15) is 0 Å². The molecule has 1 fully saturated rings. The van der Waals surface area contributed by atoms with Crippen LogP contribution in [0.25, 0.3) is 0 Å². The van der Waals surface area contributed by atoms with E-state index in [9.17, 15) is 4.79 Å². The smallest absolute Gasteiger partial charge is 0.157 e. The van der Waals surface area contributed by atoms with Gasteiger partial charge in [0.05, 0.1) is 6.10 Å². The van der Waals surface area contributed by atoms with Crippen molar-refractivity contribution in [2.45, 2.75) is 37.8 Å². The summed E-state index contributed by atoms with van der Waals surface area (Å²) in [6.45, 7) is 0. The molecule has 66 valence electrons. The van der Waals surface area contributed by atoms with Gasteiger partial charge in [0.1, 0.15) is 0 Å². The van der Waals surface area contributed by atoms with Crippen LogP contribution in [0.2, 0.25) is 0 Å². The van der Waals surface area contributed by atoms with Crippen molar-refractivity contribution in [2.24, 2.45) is 0 Å². The van der Waals surface area contributed by atoms with Crippen LogP contribution in [0.3, 0.4) is 0 Å². The summed E-state index contributed by atoms with van der Waals surface area (Å²) >= 11 is 0. The van der Waals surface area contributed by atoms with E-state index >= 15 is 0 Å². The normalized spacial score (nSPS) is 34.4. The van der Waals surface area contributed by atoms with Gasteiger partial charge in [0.25, 0.3) is 0 Å². The minimum Gasteiger partial charge on any atom is -0.393 e. The lowest BCUT2D eigenvalue weighted by molar-refractivity contribution is -0.114. The Morgan fingerprint density at radius 3 is 2.67 bits per heavy atom. The molecule has 0 atom stereocenters. The van der Waals surface area contributed by atoms with Crippen molar-refractivity contribution < 1.29 is 9.90 Å². The molecule has 0 aromatic carbocycles. The van der Waals surface area contributed by atoms with Crippen LogP contribution < -0.4 is 5.32 Å². The second kappa shape index (κ2) is 2.90. The molecule has 0 aliphatic heterocycles. The van der Waals surface area contributed by atoms with Crippen molar-refractivity contribution in [2.75, 3.05) is 0 Å². The molecule has 3 nitrogen and oxygen atoms in total. The van der Waals surface area contributed by atoms with Crippen LogP contribution in [0.1, 0.15) is 25.7 Å². The second-order valence-corrected chi connectivity index (χ2v) is 3.60. The van der Waals surface area contributed by atoms with Crippen LogP contribution in [0, 0.1) is 0 Å². The monoisotopic (exact) mass is 167 g/mol. The van der Waals surface area contributed by atoms with Gasteiger partial charge in [0, 0.05) is 24.2 Å². The van der Waals surface area contributed by atoms with E-state index in [0.29, 0.717) is 12.5 Å². The number of ketones is 1. The zero-order chi connectivity index (χ0) is 8.55. The summed E-state index contributed by atoms with van der Waals surface area (Å²) in [4.78, 5) is 10.8. The first-order valence-corrected chi connectivity index (χ1v) is 4.42. The predicted octanol–water partition coefficient (Wildman–Crippen LogP) is 0.346. The number of carbonyl (C=O) groups excluding carboxylic acids is 1. The molecule has 0 saturated heterocycles. The van der Waals surface area contributed by atoms with Crippen LogP contribution in [0.15, 0.2) is 11.8 Å². The molecular formula is C9H13NO2. The number of carbonyl (C=O) groups is 1. The highest BCUT2D eigenvalue weighted by molar-refractivity contribution is 5.92. The van der Waals surface area contributed by atoms with Crippen LogP contribution in [-0.4, -0.2) is 23.0 Å². The lowest BCUT2D eigenvalue weighted by Crippen LogP contribution is -2.43. The summed E-state index contributed by atoms with van der Waals surface area (Å²) in [6, 6.07) is 0.400. The summed E-state index contributed by atoms with van der Waals surface area (Å²) in [5, 5.41) is 12.3. The molecule has 2 N–H and O–H groups in total. The van der Waals surface area contributed by atoms with Crippen molar-refractivity contribution in [1.82, 2.24) is 5.32 Å². The van der Waals surface area contributed by atoms with E-state index in [1.165, 1.54) is 0 Å². The molecule has 2 aliphatic rings. The van der Waals surface area contributed by atoms with E-state index in [0.717, 1.165) is 25.0 Å². The zero-order valence-electron chi connectivity index (χ0n) is 6.92. The van der Waals surface area contributed by atoms with Crippen LogP contribution >= 0.6 is 0 Å². The Morgan fingerprint density at radius 2 is 2.17 bits per heavy atom. The van der Waals surface area contributed by atoms with Crippen LogP contribution in [-0.2, 0) is 4.79 Å².